The van der Waals surface area contributed by atoms with Crippen LogP contribution in [0.2, 0.25) is 0 Å². The molecule has 0 unspecified atom stereocenters. The second-order valence-electron chi connectivity index (χ2n) is 4.94. The van der Waals surface area contributed by atoms with E-state index < -0.39 is 6.10 Å². The van der Waals surface area contributed by atoms with Gasteiger partial charge in [0, 0.05) is 25.0 Å². The highest BCUT2D eigenvalue weighted by atomic mass is 16.3. The summed E-state index contributed by atoms with van der Waals surface area (Å²) in [7, 11) is 3.83. The van der Waals surface area contributed by atoms with Gasteiger partial charge in [0.15, 0.2) is 0 Å². The van der Waals surface area contributed by atoms with Gasteiger partial charge in [-0.15, -0.1) is 0 Å². The number of likely N-dealkylation sites (tertiary alicyclic amines) is 1. The molecule has 1 amide bonds. The van der Waals surface area contributed by atoms with Crippen molar-refractivity contribution in [3.8, 4) is 0 Å². The van der Waals surface area contributed by atoms with Crippen molar-refractivity contribution < 1.29 is 9.90 Å². The van der Waals surface area contributed by atoms with Gasteiger partial charge in [-0.2, -0.15) is 0 Å². The van der Waals surface area contributed by atoms with Gasteiger partial charge in [-0.3, -0.25) is 9.78 Å². The molecule has 5 nitrogen and oxygen atoms in total. The number of aryl methyl sites for hydroxylation is 1. The van der Waals surface area contributed by atoms with Gasteiger partial charge in [0.25, 0.3) is 5.91 Å². The van der Waals surface area contributed by atoms with Gasteiger partial charge in [-0.25, -0.2) is 0 Å². The quantitative estimate of drug-likeness (QED) is 0.810. The van der Waals surface area contributed by atoms with Crippen LogP contribution in [-0.4, -0.2) is 65.1 Å². The Bertz CT molecular complexity index is 448. The minimum absolute atomic E-state index is 0.00549. The Morgan fingerprint density at radius 2 is 2.22 bits per heavy atom. The topological polar surface area (TPSA) is 56.7 Å². The van der Waals surface area contributed by atoms with Gasteiger partial charge in [-0.05, 0) is 33.2 Å². The van der Waals surface area contributed by atoms with Gasteiger partial charge in [0.2, 0.25) is 0 Å². The lowest BCUT2D eigenvalue weighted by atomic mass is 10.2. The van der Waals surface area contributed by atoms with Crippen LogP contribution in [0.4, 0.5) is 0 Å². The first-order valence-corrected chi connectivity index (χ1v) is 6.06. The molecule has 0 aromatic carbocycles. The molecule has 1 aliphatic heterocycles. The Kier molecular flexibility index (Phi) is 3.63. The van der Waals surface area contributed by atoms with Crippen molar-refractivity contribution in [2.45, 2.75) is 19.1 Å². The lowest BCUT2D eigenvalue weighted by Gasteiger charge is -2.21. The number of nitrogens with zero attached hydrogens (tertiary/aromatic N) is 3. The zero-order valence-electron chi connectivity index (χ0n) is 11.0. The van der Waals surface area contributed by atoms with Crippen molar-refractivity contribution in [2.24, 2.45) is 0 Å². The maximum Gasteiger partial charge on any atom is 0.255 e. The lowest BCUT2D eigenvalue weighted by Crippen LogP contribution is -2.38. The Morgan fingerprint density at radius 1 is 1.50 bits per heavy atom. The third-order valence-electron chi connectivity index (χ3n) is 3.45. The molecule has 0 saturated carbocycles. The average Bonchev–Trinajstić information content (AvgIpc) is 2.71. The van der Waals surface area contributed by atoms with E-state index in [9.17, 15) is 9.90 Å². The molecule has 0 radical (unpaired) electrons. The summed E-state index contributed by atoms with van der Waals surface area (Å²) in [6.07, 6.45) is 1.19. The summed E-state index contributed by atoms with van der Waals surface area (Å²) in [5.41, 5.74) is 1.34. The molecule has 98 valence electrons. The second kappa shape index (κ2) is 5.04. The number of amides is 1. The molecule has 0 spiro atoms. The first kappa shape index (κ1) is 13.0. The third kappa shape index (κ3) is 2.37. The van der Waals surface area contributed by atoms with E-state index in [4.69, 9.17) is 0 Å². The Morgan fingerprint density at radius 3 is 2.78 bits per heavy atom. The predicted octanol–water partition coefficient (Wildman–Crippen LogP) is 0.137. The maximum absolute atomic E-state index is 12.3. The normalized spacial score (nSPS) is 23.7. The molecule has 1 aromatic heterocycles. The highest BCUT2D eigenvalue weighted by molar-refractivity contribution is 5.95. The molecule has 1 N–H and O–H groups in total. The van der Waals surface area contributed by atoms with Gasteiger partial charge in [0.1, 0.15) is 0 Å². The van der Waals surface area contributed by atoms with Crippen molar-refractivity contribution in [3.63, 3.8) is 0 Å². The molecule has 18 heavy (non-hydrogen) atoms. The van der Waals surface area contributed by atoms with Crippen molar-refractivity contribution in [1.82, 2.24) is 14.8 Å². The smallest absolute Gasteiger partial charge is 0.255 e. The van der Waals surface area contributed by atoms with Gasteiger partial charge in [-0.1, -0.05) is 0 Å². The van der Waals surface area contributed by atoms with Crippen LogP contribution in [0, 0.1) is 6.92 Å². The summed E-state index contributed by atoms with van der Waals surface area (Å²) in [4.78, 5) is 20.1. The highest BCUT2D eigenvalue weighted by Crippen LogP contribution is 2.18. The number of pyridine rings is 1. The summed E-state index contributed by atoms with van der Waals surface area (Å²) in [6.45, 7) is 2.76. The van der Waals surface area contributed by atoms with Crippen LogP contribution in [0.3, 0.4) is 0 Å². The molecular formula is C13H19N3O2. The molecule has 2 rings (SSSR count). The van der Waals surface area contributed by atoms with Gasteiger partial charge < -0.3 is 14.9 Å². The van der Waals surface area contributed by atoms with E-state index in [1.54, 1.807) is 23.2 Å². The fraction of sp³-hybridized carbons (Fsp3) is 0.538. The zero-order chi connectivity index (χ0) is 13.3. The second-order valence-corrected chi connectivity index (χ2v) is 4.94. The number of hydrogen-bond acceptors (Lipinski definition) is 4. The number of hydrogen-bond donors (Lipinski definition) is 1. The summed E-state index contributed by atoms with van der Waals surface area (Å²) in [5, 5.41) is 9.94. The first-order valence-electron chi connectivity index (χ1n) is 6.06. The van der Waals surface area contributed by atoms with Crippen molar-refractivity contribution in [2.75, 3.05) is 27.2 Å². The number of aliphatic hydroxyl groups excluding tert-OH is 1. The van der Waals surface area contributed by atoms with Crippen molar-refractivity contribution in [3.05, 3.63) is 29.6 Å². The SMILES string of the molecule is Cc1ncccc1C(=O)N1C[C@H](O)[C@@H](N(C)C)C1. The van der Waals surface area contributed by atoms with Crippen molar-refractivity contribution in [1.29, 1.82) is 0 Å². The Hall–Kier alpha value is -1.46. The summed E-state index contributed by atoms with van der Waals surface area (Å²) in [6, 6.07) is 3.54. The van der Waals surface area contributed by atoms with E-state index in [2.05, 4.69) is 4.98 Å². The number of aromatic nitrogens is 1. The monoisotopic (exact) mass is 249 g/mol. The van der Waals surface area contributed by atoms with E-state index in [1.807, 2.05) is 25.9 Å². The van der Waals surface area contributed by atoms with E-state index in [0.717, 1.165) is 5.69 Å². The van der Waals surface area contributed by atoms with Crippen molar-refractivity contribution >= 4 is 5.91 Å². The average molecular weight is 249 g/mol. The first-order chi connectivity index (χ1) is 8.50. The Labute approximate surface area is 107 Å². The number of rotatable bonds is 2. The molecule has 1 aromatic rings. The lowest BCUT2D eigenvalue weighted by molar-refractivity contribution is 0.0763. The van der Waals surface area contributed by atoms with E-state index in [0.29, 0.717) is 18.7 Å². The molecule has 2 heterocycles. The molecule has 1 fully saturated rings. The van der Waals surface area contributed by atoms with Gasteiger partial charge >= 0.3 is 0 Å². The molecule has 1 saturated heterocycles. The molecule has 0 aliphatic carbocycles. The zero-order valence-corrected chi connectivity index (χ0v) is 11.0. The summed E-state index contributed by atoms with van der Waals surface area (Å²) < 4.78 is 0. The molecular weight excluding hydrogens is 230 g/mol. The van der Waals surface area contributed by atoms with E-state index in [-0.39, 0.29) is 11.9 Å². The number of likely N-dealkylation sites (N-methyl/N-ethyl adjacent to an activating group) is 1. The summed E-state index contributed by atoms with van der Waals surface area (Å²) >= 11 is 0. The molecule has 0 bridgehead atoms. The van der Waals surface area contributed by atoms with E-state index in [1.165, 1.54) is 0 Å². The van der Waals surface area contributed by atoms with Gasteiger partial charge in [0.05, 0.1) is 17.7 Å². The molecule has 1 aliphatic rings. The van der Waals surface area contributed by atoms with Crippen LogP contribution in [-0.2, 0) is 0 Å². The Balaban J connectivity index is 2.15. The van der Waals surface area contributed by atoms with Crippen LogP contribution in [0.5, 0.6) is 0 Å². The number of carbonyl (C=O) groups excluding carboxylic acids is 1. The predicted molar refractivity (Wildman–Crippen MR) is 68.4 cm³/mol. The van der Waals surface area contributed by atoms with E-state index >= 15 is 0 Å². The van der Waals surface area contributed by atoms with Crippen LogP contribution >= 0.6 is 0 Å². The third-order valence-corrected chi connectivity index (χ3v) is 3.45. The highest BCUT2D eigenvalue weighted by Gasteiger charge is 2.35. The number of carbonyl (C=O) groups is 1. The van der Waals surface area contributed by atoms with Crippen LogP contribution in [0.25, 0.3) is 0 Å². The molecule has 2 atom stereocenters. The minimum atomic E-state index is -0.485. The van der Waals surface area contributed by atoms with Crippen LogP contribution in [0.1, 0.15) is 16.1 Å². The molecule has 5 heteroatoms. The summed E-state index contributed by atoms with van der Waals surface area (Å²) in [5.74, 6) is -0.0519. The number of β-amino-alcohol motifs (C(OH)–C–C–N with tert-alkyl or cyclic N) is 1. The van der Waals surface area contributed by atoms with Crippen LogP contribution < -0.4 is 0 Å². The number of aliphatic hydroxyl groups is 1. The standard InChI is InChI=1S/C13H19N3O2/c1-9-10(5-4-6-14-9)13(18)16-7-11(15(2)3)12(17)8-16/h4-6,11-12,17H,7-8H2,1-3H3/t11-,12-/m0/s1. The fourth-order valence-electron chi connectivity index (χ4n) is 2.32. The van der Waals surface area contributed by atoms with Crippen LogP contribution in [0.15, 0.2) is 18.3 Å². The largest absolute Gasteiger partial charge is 0.390 e. The fourth-order valence-corrected chi connectivity index (χ4v) is 2.32. The minimum Gasteiger partial charge on any atom is -0.390 e. The maximum atomic E-state index is 12.3.